The van der Waals surface area contributed by atoms with E-state index in [2.05, 4.69) is 0 Å². The molecule has 0 unspecified atom stereocenters. The summed E-state index contributed by atoms with van der Waals surface area (Å²) in [4.78, 5) is 12.5. The van der Waals surface area contributed by atoms with E-state index in [4.69, 9.17) is 10.4 Å². The SMILES string of the molecule is N#CCN1CCC[C@@H](C(=O)O)C1. The van der Waals surface area contributed by atoms with Gasteiger partial charge in [0.05, 0.1) is 18.5 Å². The second-order valence-electron chi connectivity index (χ2n) is 3.07. The van der Waals surface area contributed by atoms with E-state index in [1.165, 1.54) is 0 Å². The van der Waals surface area contributed by atoms with Crippen LogP contribution < -0.4 is 0 Å². The number of aliphatic carboxylic acids is 1. The van der Waals surface area contributed by atoms with E-state index < -0.39 is 5.97 Å². The zero-order valence-corrected chi connectivity index (χ0v) is 6.86. The van der Waals surface area contributed by atoms with Gasteiger partial charge in [-0.15, -0.1) is 0 Å². The minimum absolute atomic E-state index is 0.271. The third-order valence-electron chi connectivity index (χ3n) is 2.15. The topological polar surface area (TPSA) is 64.3 Å². The third-order valence-corrected chi connectivity index (χ3v) is 2.15. The molecule has 0 aromatic carbocycles. The van der Waals surface area contributed by atoms with Gasteiger partial charge in [0.25, 0.3) is 0 Å². The number of carbonyl (C=O) groups is 1. The van der Waals surface area contributed by atoms with E-state index in [0.717, 1.165) is 19.4 Å². The van der Waals surface area contributed by atoms with Gasteiger partial charge in [0.2, 0.25) is 0 Å². The summed E-state index contributed by atoms with van der Waals surface area (Å²) in [5.74, 6) is -1.01. The van der Waals surface area contributed by atoms with Crippen LogP contribution in [0.2, 0.25) is 0 Å². The Balaban J connectivity index is 2.41. The fourth-order valence-corrected chi connectivity index (χ4v) is 1.50. The Morgan fingerprint density at radius 2 is 2.50 bits per heavy atom. The van der Waals surface area contributed by atoms with Crippen molar-refractivity contribution in [2.24, 2.45) is 5.92 Å². The predicted octanol–water partition coefficient (Wildman–Crippen LogP) is 0.307. The van der Waals surface area contributed by atoms with Gasteiger partial charge in [-0.1, -0.05) is 0 Å². The lowest BCUT2D eigenvalue weighted by Gasteiger charge is -2.28. The molecule has 1 fully saturated rings. The minimum atomic E-state index is -0.738. The Morgan fingerprint density at radius 1 is 1.75 bits per heavy atom. The molecule has 66 valence electrons. The average Bonchev–Trinajstić information content (AvgIpc) is 2.05. The van der Waals surface area contributed by atoms with Crippen molar-refractivity contribution >= 4 is 5.97 Å². The van der Waals surface area contributed by atoms with E-state index >= 15 is 0 Å². The van der Waals surface area contributed by atoms with Crippen molar-refractivity contribution in [2.75, 3.05) is 19.6 Å². The van der Waals surface area contributed by atoms with Crippen LogP contribution >= 0.6 is 0 Å². The highest BCUT2D eigenvalue weighted by molar-refractivity contribution is 5.70. The Hall–Kier alpha value is -1.08. The van der Waals surface area contributed by atoms with Crippen molar-refractivity contribution in [3.8, 4) is 6.07 Å². The lowest BCUT2D eigenvalue weighted by molar-refractivity contribution is -0.143. The Kier molecular flexibility index (Phi) is 3.06. The number of carboxylic acids is 1. The maximum absolute atomic E-state index is 10.6. The molecule has 0 aromatic heterocycles. The third kappa shape index (κ3) is 2.21. The summed E-state index contributed by atoms with van der Waals surface area (Å²) in [5.41, 5.74) is 0. The molecule has 1 saturated heterocycles. The Morgan fingerprint density at radius 3 is 3.08 bits per heavy atom. The fraction of sp³-hybridized carbons (Fsp3) is 0.750. The molecular weight excluding hydrogens is 156 g/mol. The first-order valence-corrected chi connectivity index (χ1v) is 4.06. The number of piperidine rings is 1. The molecule has 0 aliphatic carbocycles. The maximum atomic E-state index is 10.6. The second-order valence-corrected chi connectivity index (χ2v) is 3.07. The molecular formula is C8H12N2O2. The molecule has 1 N–H and O–H groups in total. The van der Waals surface area contributed by atoms with Crippen molar-refractivity contribution in [3.63, 3.8) is 0 Å². The lowest BCUT2D eigenvalue weighted by atomic mass is 9.98. The molecule has 0 radical (unpaired) electrons. The average molecular weight is 168 g/mol. The monoisotopic (exact) mass is 168 g/mol. The van der Waals surface area contributed by atoms with E-state index in [1.807, 2.05) is 11.0 Å². The van der Waals surface area contributed by atoms with Crippen LogP contribution in [0.5, 0.6) is 0 Å². The van der Waals surface area contributed by atoms with Gasteiger partial charge in [-0.25, -0.2) is 0 Å². The first kappa shape index (κ1) is 9.01. The summed E-state index contributed by atoms with van der Waals surface area (Å²) in [6, 6.07) is 2.03. The van der Waals surface area contributed by atoms with E-state index in [0.29, 0.717) is 13.1 Å². The highest BCUT2D eigenvalue weighted by atomic mass is 16.4. The normalized spacial score (nSPS) is 24.8. The molecule has 0 amide bonds. The minimum Gasteiger partial charge on any atom is -0.481 e. The summed E-state index contributed by atoms with van der Waals surface area (Å²) >= 11 is 0. The van der Waals surface area contributed by atoms with Crippen molar-refractivity contribution in [1.82, 2.24) is 4.90 Å². The molecule has 12 heavy (non-hydrogen) atoms. The number of rotatable bonds is 2. The lowest BCUT2D eigenvalue weighted by Crippen LogP contribution is -2.38. The van der Waals surface area contributed by atoms with Crippen molar-refractivity contribution in [1.29, 1.82) is 5.26 Å². The van der Waals surface area contributed by atoms with Crippen LogP contribution in [0.1, 0.15) is 12.8 Å². The predicted molar refractivity (Wildman–Crippen MR) is 42.4 cm³/mol. The molecule has 1 heterocycles. The smallest absolute Gasteiger partial charge is 0.307 e. The summed E-state index contributed by atoms with van der Waals surface area (Å²) in [6.07, 6.45) is 1.63. The van der Waals surface area contributed by atoms with E-state index in [-0.39, 0.29) is 5.92 Å². The Labute approximate surface area is 71.4 Å². The van der Waals surface area contributed by atoms with Gasteiger partial charge in [-0.3, -0.25) is 9.69 Å². The van der Waals surface area contributed by atoms with E-state index in [9.17, 15) is 4.79 Å². The number of hydrogen-bond donors (Lipinski definition) is 1. The van der Waals surface area contributed by atoms with Crippen molar-refractivity contribution < 1.29 is 9.90 Å². The second kappa shape index (κ2) is 4.07. The van der Waals surface area contributed by atoms with Crippen molar-refractivity contribution in [2.45, 2.75) is 12.8 Å². The van der Waals surface area contributed by atoms with Gasteiger partial charge in [0.15, 0.2) is 0 Å². The van der Waals surface area contributed by atoms with Crippen molar-refractivity contribution in [3.05, 3.63) is 0 Å². The van der Waals surface area contributed by atoms with Gasteiger partial charge in [-0.05, 0) is 19.4 Å². The number of carboxylic acid groups (broad SMARTS) is 1. The maximum Gasteiger partial charge on any atom is 0.307 e. The van der Waals surface area contributed by atoms with Crippen LogP contribution in [-0.2, 0) is 4.79 Å². The largest absolute Gasteiger partial charge is 0.481 e. The standard InChI is InChI=1S/C8H12N2O2/c9-3-5-10-4-1-2-7(6-10)8(11)12/h7H,1-2,4-6H2,(H,11,12)/t7-/m1/s1. The van der Waals surface area contributed by atoms with Crippen LogP contribution in [0, 0.1) is 17.2 Å². The molecule has 0 bridgehead atoms. The van der Waals surface area contributed by atoms with Gasteiger partial charge >= 0.3 is 5.97 Å². The highest BCUT2D eigenvalue weighted by Gasteiger charge is 2.24. The van der Waals surface area contributed by atoms with Crippen LogP contribution in [-0.4, -0.2) is 35.6 Å². The number of nitriles is 1. The number of hydrogen-bond acceptors (Lipinski definition) is 3. The zero-order valence-electron chi connectivity index (χ0n) is 6.86. The number of nitrogens with zero attached hydrogens (tertiary/aromatic N) is 2. The Bertz CT molecular complexity index is 210. The molecule has 1 aliphatic rings. The first-order valence-electron chi connectivity index (χ1n) is 4.06. The molecule has 1 aliphatic heterocycles. The quantitative estimate of drug-likeness (QED) is 0.602. The summed E-state index contributed by atoms with van der Waals surface area (Å²) in [7, 11) is 0. The molecule has 4 heteroatoms. The highest BCUT2D eigenvalue weighted by Crippen LogP contribution is 2.15. The summed E-state index contributed by atoms with van der Waals surface area (Å²) < 4.78 is 0. The molecule has 4 nitrogen and oxygen atoms in total. The number of likely N-dealkylation sites (tertiary alicyclic amines) is 1. The van der Waals surface area contributed by atoms with Gasteiger partial charge in [0, 0.05) is 6.54 Å². The zero-order chi connectivity index (χ0) is 8.97. The molecule has 1 atom stereocenters. The van der Waals surface area contributed by atoms with Gasteiger partial charge in [-0.2, -0.15) is 5.26 Å². The van der Waals surface area contributed by atoms with Gasteiger partial charge in [0.1, 0.15) is 0 Å². The van der Waals surface area contributed by atoms with Crippen LogP contribution in [0.4, 0.5) is 0 Å². The van der Waals surface area contributed by atoms with E-state index in [1.54, 1.807) is 0 Å². The summed E-state index contributed by atoms with van der Waals surface area (Å²) in [5, 5.41) is 17.1. The molecule has 0 saturated carbocycles. The van der Waals surface area contributed by atoms with Crippen LogP contribution in [0.3, 0.4) is 0 Å². The fourth-order valence-electron chi connectivity index (χ4n) is 1.50. The summed E-state index contributed by atoms with van der Waals surface area (Å²) in [6.45, 7) is 1.74. The molecule has 0 aromatic rings. The first-order chi connectivity index (χ1) is 5.74. The molecule has 0 spiro atoms. The van der Waals surface area contributed by atoms with Crippen LogP contribution in [0.25, 0.3) is 0 Å². The molecule has 1 rings (SSSR count). The van der Waals surface area contributed by atoms with Crippen LogP contribution in [0.15, 0.2) is 0 Å². The van der Waals surface area contributed by atoms with Gasteiger partial charge < -0.3 is 5.11 Å².